The highest BCUT2D eigenvalue weighted by Gasteiger charge is 2.29. The normalized spacial score (nSPS) is 13.0. The van der Waals surface area contributed by atoms with Crippen molar-refractivity contribution in [1.29, 1.82) is 0 Å². The zero-order valence-electron chi connectivity index (χ0n) is 7.81. The second-order valence-electron chi connectivity index (χ2n) is 2.90. The molecule has 0 heterocycles. The predicted molar refractivity (Wildman–Crippen MR) is 64.1 cm³/mol. The quantitative estimate of drug-likeness (QED) is 0.672. The van der Waals surface area contributed by atoms with Crippen LogP contribution in [0.3, 0.4) is 0 Å². The van der Waals surface area contributed by atoms with Gasteiger partial charge in [-0.15, -0.1) is 0 Å². The minimum atomic E-state index is -1.13. The molecule has 76 valence electrons. The number of rotatable bonds is 3. The van der Waals surface area contributed by atoms with Crippen molar-refractivity contribution in [3.8, 4) is 0 Å². The zero-order chi connectivity index (χ0) is 10.6. The Bertz CT molecular complexity index is 315. The van der Waals surface area contributed by atoms with Crippen LogP contribution < -0.4 is 0 Å². The molecule has 0 saturated carbocycles. The Hall–Kier alpha value is -0.170. The number of hydrogen-bond donors (Lipinski definition) is 0. The van der Waals surface area contributed by atoms with Crippen LogP contribution in [0, 0.1) is 0 Å². The number of hydrogen-bond acceptors (Lipinski definition) is 0. The molecule has 0 nitrogen and oxygen atoms in total. The molecule has 1 rings (SSSR count). The summed E-state index contributed by atoms with van der Waals surface area (Å²) in [5, 5.41) is 0.453. The Morgan fingerprint density at radius 2 is 1.86 bits per heavy atom. The average molecular weight is 250 g/mol. The highest BCUT2D eigenvalue weighted by molar-refractivity contribution is 6.55. The standard InChI is InChI=1S/C11H11Cl3/c1-2-6-10(12)11(13,14)9-7-4-3-5-8-9/h3-8H,2H2,1H3/b10-6+. The highest BCUT2D eigenvalue weighted by Crippen LogP contribution is 2.42. The second-order valence-corrected chi connectivity index (χ2v) is 4.64. The lowest BCUT2D eigenvalue weighted by molar-refractivity contribution is 1.05. The summed E-state index contributed by atoms with van der Waals surface area (Å²) in [4.78, 5) is 0. The predicted octanol–water partition coefficient (Wildman–Crippen LogP) is 4.85. The Morgan fingerprint density at radius 3 is 2.36 bits per heavy atom. The van der Waals surface area contributed by atoms with Crippen molar-refractivity contribution in [3.63, 3.8) is 0 Å². The fourth-order valence-corrected chi connectivity index (χ4v) is 1.76. The van der Waals surface area contributed by atoms with E-state index in [4.69, 9.17) is 34.8 Å². The van der Waals surface area contributed by atoms with Crippen LogP contribution >= 0.6 is 34.8 Å². The summed E-state index contributed by atoms with van der Waals surface area (Å²) in [5.74, 6) is 0. The fourth-order valence-electron chi connectivity index (χ4n) is 1.09. The first-order valence-corrected chi connectivity index (χ1v) is 5.52. The van der Waals surface area contributed by atoms with Crippen LogP contribution in [0.4, 0.5) is 0 Å². The first-order chi connectivity index (χ1) is 6.59. The molecule has 0 atom stereocenters. The lowest BCUT2D eigenvalue weighted by Gasteiger charge is -2.19. The molecule has 0 N–H and O–H groups in total. The molecule has 1 aromatic rings. The van der Waals surface area contributed by atoms with E-state index in [9.17, 15) is 0 Å². The van der Waals surface area contributed by atoms with Gasteiger partial charge in [0.05, 0.1) is 5.03 Å². The zero-order valence-corrected chi connectivity index (χ0v) is 10.1. The van der Waals surface area contributed by atoms with Crippen LogP contribution in [0.25, 0.3) is 0 Å². The van der Waals surface area contributed by atoms with Gasteiger partial charge >= 0.3 is 0 Å². The van der Waals surface area contributed by atoms with Crippen molar-refractivity contribution in [2.24, 2.45) is 0 Å². The Morgan fingerprint density at radius 1 is 1.29 bits per heavy atom. The maximum absolute atomic E-state index is 6.16. The van der Waals surface area contributed by atoms with Crippen LogP contribution in [0.15, 0.2) is 41.4 Å². The molecule has 0 bridgehead atoms. The van der Waals surface area contributed by atoms with Gasteiger partial charge in [0.2, 0.25) is 0 Å². The lowest BCUT2D eigenvalue weighted by Crippen LogP contribution is -2.10. The third kappa shape index (κ3) is 2.66. The van der Waals surface area contributed by atoms with Crippen LogP contribution in [-0.4, -0.2) is 0 Å². The molecular formula is C11H11Cl3. The molecule has 0 aliphatic rings. The molecule has 0 aromatic heterocycles. The fraction of sp³-hybridized carbons (Fsp3) is 0.273. The van der Waals surface area contributed by atoms with Gasteiger partial charge in [-0.1, -0.05) is 78.1 Å². The minimum absolute atomic E-state index is 0.453. The van der Waals surface area contributed by atoms with Crippen molar-refractivity contribution in [2.75, 3.05) is 0 Å². The molecule has 0 fully saturated rings. The Kier molecular flexibility index (Phi) is 4.31. The van der Waals surface area contributed by atoms with E-state index < -0.39 is 4.33 Å². The Balaban J connectivity index is 3.02. The maximum atomic E-state index is 6.16. The third-order valence-corrected chi connectivity index (χ3v) is 3.29. The van der Waals surface area contributed by atoms with Crippen molar-refractivity contribution >= 4 is 34.8 Å². The molecule has 0 radical (unpaired) electrons. The monoisotopic (exact) mass is 248 g/mol. The molecular weight excluding hydrogens is 238 g/mol. The highest BCUT2D eigenvalue weighted by atomic mass is 35.5. The van der Waals surface area contributed by atoms with Crippen LogP contribution in [0.5, 0.6) is 0 Å². The number of halogens is 3. The van der Waals surface area contributed by atoms with Crippen LogP contribution in [0.1, 0.15) is 18.9 Å². The van der Waals surface area contributed by atoms with E-state index in [0.29, 0.717) is 5.03 Å². The van der Waals surface area contributed by atoms with Gasteiger partial charge in [-0.25, -0.2) is 0 Å². The average Bonchev–Trinajstić information content (AvgIpc) is 2.19. The molecule has 0 aliphatic carbocycles. The van der Waals surface area contributed by atoms with Crippen molar-refractivity contribution in [3.05, 3.63) is 47.0 Å². The van der Waals surface area contributed by atoms with E-state index in [0.717, 1.165) is 12.0 Å². The summed E-state index contributed by atoms with van der Waals surface area (Å²) in [6, 6.07) is 9.37. The smallest absolute Gasteiger partial charge is 0.0899 e. The third-order valence-electron chi connectivity index (χ3n) is 1.82. The summed E-state index contributed by atoms with van der Waals surface area (Å²) in [6.07, 6.45) is 2.63. The van der Waals surface area contributed by atoms with Crippen LogP contribution in [-0.2, 0) is 4.33 Å². The van der Waals surface area contributed by atoms with E-state index >= 15 is 0 Å². The summed E-state index contributed by atoms with van der Waals surface area (Å²) < 4.78 is -1.13. The topological polar surface area (TPSA) is 0 Å². The van der Waals surface area contributed by atoms with Gasteiger partial charge in [0.15, 0.2) is 4.33 Å². The number of benzene rings is 1. The van der Waals surface area contributed by atoms with Gasteiger partial charge in [-0.3, -0.25) is 0 Å². The van der Waals surface area contributed by atoms with Crippen molar-refractivity contribution < 1.29 is 0 Å². The van der Waals surface area contributed by atoms with Gasteiger partial charge in [0, 0.05) is 0 Å². The SMILES string of the molecule is CC/C=C(/Cl)C(Cl)(Cl)c1ccccc1. The minimum Gasteiger partial charge on any atom is -0.0899 e. The summed E-state index contributed by atoms with van der Waals surface area (Å²) in [6.45, 7) is 1.98. The molecule has 0 amide bonds. The summed E-state index contributed by atoms with van der Waals surface area (Å²) in [5.41, 5.74) is 0.790. The van der Waals surface area contributed by atoms with E-state index in [-0.39, 0.29) is 0 Å². The van der Waals surface area contributed by atoms with E-state index in [1.54, 1.807) is 0 Å². The first-order valence-electron chi connectivity index (χ1n) is 4.38. The molecule has 1 aromatic carbocycles. The molecule has 14 heavy (non-hydrogen) atoms. The number of alkyl halides is 2. The lowest BCUT2D eigenvalue weighted by atomic mass is 10.1. The molecule has 0 aliphatic heterocycles. The largest absolute Gasteiger partial charge is 0.178 e. The molecule has 3 heteroatoms. The Labute approximate surface area is 99.5 Å². The summed E-state index contributed by atoms with van der Waals surface area (Å²) in [7, 11) is 0. The van der Waals surface area contributed by atoms with Gasteiger partial charge < -0.3 is 0 Å². The molecule has 0 unspecified atom stereocenters. The maximum Gasteiger partial charge on any atom is 0.178 e. The van der Waals surface area contributed by atoms with E-state index in [1.807, 2.05) is 43.3 Å². The summed E-state index contributed by atoms with van der Waals surface area (Å²) >= 11 is 18.3. The molecule has 0 spiro atoms. The second kappa shape index (κ2) is 5.06. The van der Waals surface area contributed by atoms with Crippen molar-refractivity contribution in [2.45, 2.75) is 17.7 Å². The van der Waals surface area contributed by atoms with Gasteiger partial charge in [-0.05, 0) is 12.0 Å². The van der Waals surface area contributed by atoms with Gasteiger partial charge in [-0.2, -0.15) is 0 Å². The number of allylic oxidation sites excluding steroid dienone is 2. The van der Waals surface area contributed by atoms with Gasteiger partial charge in [0.25, 0.3) is 0 Å². The molecule has 0 saturated heterocycles. The van der Waals surface area contributed by atoms with Crippen molar-refractivity contribution in [1.82, 2.24) is 0 Å². The van der Waals surface area contributed by atoms with E-state index in [1.165, 1.54) is 0 Å². The van der Waals surface area contributed by atoms with E-state index in [2.05, 4.69) is 0 Å². The first kappa shape index (κ1) is 11.9. The van der Waals surface area contributed by atoms with Gasteiger partial charge in [0.1, 0.15) is 0 Å². The van der Waals surface area contributed by atoms with Crippen LogP contribution in [0.2, 0.25) is 0 Å².